The van der Waals surface area contributed by atoms with Crippen molar-refractivity contribution < 1.29 is 9.53 Å². The second kappa shape index (κ2) is 5.23. The quantitative estimate of drug-likeness (QED) is 0.747. The molecule has 0 saturated carbocycles. The van der Waals surface area contributed by atoms with Gasteiger partial charge in [-0.1, -0.05) is 18.5 Å². The molecule has 1 atom stereocenters. The van der Waals surface area contributed by atoms with E-state index in [0.717, 1.165) is 0 Å². The molecule has 1 aromatic rings. The highest BCUT2D eigenvalue weighted by Crippen LogP contribution is 2.16. The molecule has 14 heavy (non-hydrogen) atoms. The van der Waals surface area contributed by atoms with Crippen LogP contribution in [0.1, 0.15) is 6.92 Å². The molecule has 76 valence electrons. The summed E-state index contributed by atoms with van der Waals surface area (Å²) < 4.78 is 5.32. The summed E-state index contributed by atoms with van der Waals surface area (Å²) in [6.45, 7) is 2.00. The van der Waals surface area contributed by atoms with Crippen molar-refractivity contribution in [2.45, 2.75) is 6.92 Å². The van der Waals surface area contributed by atoms with Crippen LogP contribution in [0.25, 0.3) is 0 Å². The highest BCUT2D eigenvalue weighted by molar-refractivity contribution is 6.63. The lowest BCUT2D eigenvalue weighted by atomic mass is 10.2. The van der Waals surface area contributed by atoms with Crippen molar-refractivity contribution in [1.29, 1.82) is 0 Å². The van der Waals surface area contributed by atoms with Crippen molar-refractivity contribution in [3.63, 3.8) is 0 Å². The van der Waals surface area contributed by atoms with E-state index in [1.807, 2.05) is 0 Å². The van der Waals surface area contributed by atoms with Gasteiger partial charge in [-0.2, -0.15) is 0 Å². The molecule has 0 bridgehead atoms. The Kier molecular flexibility index (Phi) is 4.23. The summed E-state index contributed by atoms with van der Waals surface area (Å²) in [5.41, 5.74) is 0. The van der Waals surface area contributed by atoms with E-state index in [0.29, 0.717) is 10.8 Å². The van der Waals surface area contributed by atoms with Crippen molar-refractivity contribution in [3.05, 3.63) is 29.3 Å². The minimum Gasteiger partial charge on any atom is -0.493 e. The molecule has 0 amide bonds. The van der Waals surface area contributed by atoms with Gasteiger partial charge in [-0.25, -0.2) is 0 Å². The Morgan fingerprint density at radius 2 is 2.00 bits per heavy atom. The minimum absolute atomic E-state index is 0.282. The van der Waals surface area contributed by atoms with Crippen LogP contribution in [-0.2, 0) is 4.79 Å². The molecule has 0 aliphatic heterocycles. The fraction of sp³-hybridized carbons (Fsp3) is 0.300. The van der Waals surface area contributed by atoms with Crippen molar-refractivity contribution >= 4 is 28.4 Å². The first kappa shape index (κ1) is 11.3. The Labute approximate surface area is 92.8 Å². The van der Waals surface area contributed by atoms with Crippen LogP contribution in [0, 0.1) is 5.92 Å². The van der Waals surface area contributed by atoms with Gasteiger partial charge in [0, 0.05) is 5.02 Å². The fourth-order valence-electron chi connectivity index (χ4n) is 0.818. The highest BCUT2D eigenvalue weighted by Gasteiger charge is 2.10. The second-order valence-electron chi connectivity index (χ2n) is 2.97. The molecule has 0 radical (unpaired) electrons. The maximum absolute atomic E-state index is 10.7. The van der Waals surface area contributed by atoms with Crippen molar-refractivity contribution in [1.82, 2.24) is 0 Å². The van der Waals surface area contributed by atoms with E-state index in [2.05, 4.69) is 0 Å². The number of halogens is 2. The molecule has 0 heterocycles. The predicted octanol–water partition coefficient (Wildman–Crippen LogP) is 3.12. The van der Waals surface area contributed by atoms with Crippen LogP contribution in [0.4, 0.5) is 0 Å². The van der Waals surface area contributed by atoms with E-state index < -0.39 is 0 Å². The van der Waals surface area contributed by atoms with Crippen molar-refractivity contribution in [2.24, 2.45) is 5.92 Å². The first-order valence-corrected chi connectivity index (χ1v) is 4.93. The summed E-state index contributed by atoms with van der Waals surface area (Å²) in [7, 11) is 0. The molecule has 0 aliphatic rings. The Morgan fingerprint density at radius 1 is 1.43 bits per heavy atom. The van der Waals surface area contributed by atoms with Gasteiger partial charge in [-0.15, -0.1) is 0 Å². The molecule has 0 spiro atoms. The van der Waals surface area contributed by atoms with Crippen LogP contribution in [0.3, 0.4) is 0 Å². The molecule has 0 aliphatic carbocycles. The molecule has 1 aromatic carbocycles. The standard InChI is InChI=1S/C10H10Cl2O2/c1-7(10(12)13)6-14-9-4-2-8(11)3-5-9/h2-5,7H,6H2,1H3. The van der Waals surface area contributed by atoms with Gasteiger partial charge >= 0.3 is 0 Å². The van der Waals surface area contributed by atoms with Gasteiger partial charge < -0.3 is 4.74 Å². The molecule has 4 heteroatoms. The molecule has 0 aromatic heterocycles. The molecular weight excluding hydrogens is 223 g/mol. The number of benzene rings is 1. The lowest BCUT2D eigenvalue weighted by Crippen LogP contribution is -2.14. The van der Waals surface area contributed by atoms with E-state index in [1.165, 1.54) is 0 Å². The molecule has 0 fully saturated rings. The first-order chi connectivity index (χ1) is 6.59. The average Bonchev–Trinajstić information content (AvgIpc) is 2.16. The van der Waals surface area contributed by atoms with Crippen LogP contribution in [-0.4, -0.2) is 11.8 Å². The number of hydrogen-bond donors (Lipinski definition) is 0. The number of hydrogen-bond acceptors (Lipinski definition) is 2. The summed E-state index contributed by atoms with van der Waals surface area (Å²) in [5.74, 6) is 0.381. The van der Waals surface area contributed by atoms with E-state index in [4.69, 9.17) is 27.9 Å². The Morgan fingerprint density at radius 3 is 2.50 bits per heavy atom. The largest absolute Gasteiger partial charge is 0.493 e. The van der Waals surface area contributed by atoms with Gasteiger partial charge in [-0.3, -0.25) is 4.79 Å². The Bertz CT molecular complexity index is 308. The first-order valence-electron chi connectivity index (χ1n) is 4.17. The Balaban J connectivity index is 2.46. The zero-order valence-corrected chi connectivity index (χ0v) is 9.18. The predicted molar refractivity (Wildman–Crippen MR) is 57.0 cm³/mol. The maximum Gasteiger partial charge on any atom is 0.227 e. The van der Waals surface area contributed by atoms with Crippen molar-refractivity contribution in [3.8, 4) is 5.75 Å². The van der Waals surface area contributed by atoms with E-state index in [9.17, 15) is 4.79 Å². The molecule has 2 nitrogen and oxygen atoms in total. The van der Waals surface area contributed by atoms with Crippen molar-refractivity contribution in [2.75, 3.05) is 6.61 Å². The monoisotopic (exact) mass is 232 g/mol. The lowest BCUT2D eigenvalue weighted by molar-refractivity contribution is -0.115. The van der Waals surface area contributed by atoms with Gasteiger partial charge in [0.05, 0.1) is 12.5 Å². The topological polar surface area (TPSA) is 26.3 Å². The van der Waals surface area contributed by atoms with Crippen LogP contribution in [0.5, 0.6) is 5.75 Å². The summed E-state index contributed by atoms with van der Waals surface area (Å²) in [4.78, 5) is 10.7. The lowest BCUT2D eigenvalue weighted by Gasteiger charge is -2.08. The van der Waals surface area contributed by atoms with E-state index in [1.54, 1.807) is 31.2 Å². The highest BCUT2D eigenvalue weighted by atomic mass is 35.5. The molecular formula is C10H10Cl2O2. The third-order valence-electron chi connectivity index (χ3n) is 1.70. The minimum atomic E-state index is -0.390. The normalized spacial score (nSPS) is 12.2. The number of carbonyl (C=O) groups excluding carboxylic acids is 1. The van der Waals surface area contributed by atoms with Gasteiger partial charge in [0.2, 0.25) is 5.24 Å². The van der Waals surface area contributed by atoms with Gasteiger partial charge in [0.15, 0.2) is 0 Å². The van der Waals surface area contributed by atoms with Gasteiger partial charge in [0.1, 0.15) is 5.75 Å². The van der Waals surface area contributed by atoms with Crippen LogP contribution >= 0.6 is 23.2 Å². The number of carbonyl (C=O) groups is 1. The summed E-state index contributed by atoms with van der Waals surface area (Å²) in [6, 6.07) is 6.94. The molecule has 0 saturated heterocycles. The Hall–Kier alpha value is -0.730. The zero-order chi connectivity index (χ0) is 10.6. The smallest absolute Gasteiger partial charge is 0.227 e. The molecule has 1 unspecified atom stereocenters. The third-order valence-corrected chi connectivity index (χ3v) is 2.33. The van der Waals surface area contributed by atoms with Crippen LogP contribution < -0.4 is 4.74 Å². The third kappa shape index (κ3) is 3.56. The van der Waals surface area contributed by atoms with Gasteiger partial charge in [-0.05, 0) is 35.9 Å². The summed E-state index contributed by atoms with van der Waals surface area (Å²) >= 11 is 11.0. The van der Waals surface area contributed by atoms with E-state index >= 15 is 0 Å². The second-order valence-corrected chi connectivity index (χ2v) is 3.78. The zero-order valence-electron chi connectivity index (χ0n) is 7.67. The summed E-state index contributed by atoms with van der Waals surface area (Å²) in [5, 5.41) is 0.262. The fourth-order valence-corrected chi connectivity index (χ4v) is 1.01. The molecule has 1 rings (SSSR count). The van der Waals surface area contributed by atoms with Crippen LogP contribution in [0.15, 0.2) is 24.3 Å². The summed E-state index contributed by atoms with van der Waals surface area (Å²) in [6.07, 6.45) is 0. The molecule has 0 N–H and O–H groups in total. The number of ether oxygens (including phenoxy) is 1. The maximum atomic E-state index is 10.7. The SMILES string of the molecule is CC(COc1ccc(Cl)cc1)C(=O)Cl. The average molecular weight is 233 g/mol. The van der Waals surface area contributed by atoms with Gasteiger partial charge in [0.25, 0.3) is 0 Å². The van der Waals surface area contributed by atoms with E-state index in [-0.39, 0.29) is 17.8 Å². The number of rotatable bonds is 4. The van der Waals surface area contributed by atoms with Crippen LogP contribution in [0.2, 0.25) is 5.02 Å².